The minimum Gasteiger partial charge on any atom is -0.494 e. The van der Waals surface area contributed by atoms with Crippen molar-refractivity contribution in [3.05, 3.63) is 48.3 Å². The number of anilines is 1. The number of amides is 2. The second-order valence-electron chi connectivity index (χ2n) is 5.09. The van der Waals surface area contributed by atoms with Gasteiger partial charge in [-0.1, -0.05) is 30.3 Å². The van der Waals surface area contributed by atoms with Gasteiger partial charge in [0.1, 0.15) is 6.10 Å². The minimum atomic E-state index is -0.237. The van der Waals surface area contributed by atoms with Crippen LogP contribution in [0.5, 0.6) is 5.75 Å². The van der Waals surface area contributed by atoms with Crippen LogP contribution in [-0.4, -0.2) is 47.7 Å². The molecule has 2 amide bonds. The first-order valence-corrected chi connectivity index (χ1v) is 7.35. The number of nitrogens with zero attached hydrogens (tertiary/aromatic N) is 3. The summed E-state index contributed by atoms with van der Waals surface area (Å²) in [7, 11) is 1.54. The molecule has 1 aliphatic rings. The third kappa shape index (κ3) is 3.75. The number of methoxy groups -OCH3 is 1. The third-order valence-electron chi connectivity index (χ3n) is 3.61. The summed E-state index contributed by atoms with van der Waals surface area (Å²) in [6.45, 7) is 1.52. The Kier molecular flexibility index (Phi) is 4.68. The van der Waals surface area contributed by atoms with Crippen LogP contribution in [0.4, 0.5) is 10.7 Å². The molecule has 2 aromatic rings. The zero-order chi connectivity index (χ0) is 16.1. The van der Waals surface area contributed by atoms with Gasteiger partial charge in [0.25, 0.3) is 0 Å². The molecule has 0 aliphatic carbocycles. The van der Waals surface area contributed by atoms with Crippen LogP contribution >= 0.6 is 0 Å². The monoisotopic (exact) mass is 314 g/mol. The highest BCUT2D eigenvalue weighted by molar-refractivity contribution is 5.87. The van der Waals surface area contributed by atoms with Crippen molar-refractivity contribution in [3.8, 4) is 5.75 Å². The second-order valence-corrected chi connectivity index (χ2v) is 5.09. The Hall–Kier alpha value is -2.67. The van der Waals surface area contributed by atoms with Crippen LogP contribution in [-0.2, 0) is 4.74 Å². The van der Waals surface area contributed by atoms with E-state index in [4.69, 9.17) is 9.47 Å². The van der Waals surface area contributed by atoms with Crippen LogP contribution < -0.4 is 10.1 Å². The highest BCUT2D eigenvalue weighted by atomic mass is 16.5. The minimum absolute atomic E-state index is 0.118. The van der Waals surface area contributed by atoms with Gasteiger partial charge in [-0.2, -0.15) is 0 Å². The largest absolute Gasteiger partial charge is 0.494 e. The SMILES string of the molecule is COc1cnc(NC(=O)N2CCOC(c3ccccc3)C2)nc1. The molecule has 0 saturated carbocycles. The number of ether oxygens (including phenoxy) is 2. The van der Waals surface area contributed by atoms with E-state index in [1.807, 2.05) is 30.3 Å². The summed E-state index contributed by atoms with van der Waals surface area (Å²) in [5.74, 6) is 0.789. The Morgan fingerprint density at radius 2 is 2.04 bits per heavy atom. The van der Waals surface area contributed by atoms with Crippen molar-refractivity contribution in [2.24, 2.45) is 0 Å². The Morgan fingerprint density at radius 1 is 1.30 bits per heavy atom. The fourth-order valence-corrected chi connectivity index (χ4v) is 2.36. The van der Waals surface area contributed by atoms with Crippen LogP contribution in [0.15, 0.2) is 42.7 Å². The van der Waals surface area contributed by atoms with Crippen LogP contribution in [0.25, 0.3) is 0 Å². The predicted octanol–water partition coefficient (Wildman–Crippen LogP) is 2.09. The molecule has 1 fully saturated rings. The molecule has 1 aromatic heterocycles. The summed E-state index contributed by atoms with van der Waals surface area (Å²) in [4.78, 5) is 22.1. The number of carbonyl (C=O) groups excluding carboxylic acids is 1. The Balaban J connectivity index is 1.62. The first-order valence-electron chi connectivity index (χ1n) is 7.35. The average Bonchev–Trinajstić information content (AvgIpc) is 2.63. The van der Waals surface area contributed by atoms with E-state index in [0.717, 1.165) is 5.56 Å². The van der Waals surface area contributed by atoms with Gasteiger partial charge in [0, 0.05) is 6.54 Å². The van der Waals surface area contributed by atoms with E-state index in [1.165, 1.54) is 19.5 Å². The molecule has 1 aromatic carbocycles. The van der Waals surface area contributed by atoms with Gasteiger partial charge >= 0.3 is 6.03 Å². The lowest BCUT2D eigenvalue weighted by molar-refractivity contribution is -0.0135. The first kappa shape index (κ1) is 15.2. The molecule has 0 radical (unpaired) electrons. The normalized spacial score (nSPS) is 17.6. The topological polar surface area (TPSA) is 76.6 Å². The van der Waals surface area contributed by atoms with E-state index in [2.05, 4.69) is 15.3 Å². The number of rotatable bonds is 3. The van der Waals surface area contributed by atoms with Gasteiger partial charge in [-0.15, -0.1) is 0 Å². The molecular weight excluding hydrogens is 296 g/mol. The zero-order valence-electron chi connectivity index (χ0n) is 12.8. The number of hydrogen-bond donors (Lipinski definition) is 1. The van der Waals surface area contributed by atoms with Crippen molar-refractivity contribution in [1.29, 1.82) is 0 Å². The van der Waals surface area contributed by atoms with Crippen molar-refractivity contribution in [2.45, 2.75) is 6.10 Å². The highest BCUT2D eigenvalue weighted by Gasteiger charge is 2.25. The maximum Gasteiger partial charge on any atom is 0.324 e. The lowest BCUT2D eigenvalue weighted by Gasteiger charge is -2.33. The van der Waals surface area contributed by atoms with Crippen LogP contribution in [0.3, 0.4) is 0 Å². The molecule has 1 N–H and O–H groups in total. The van der Waals surface area contributed by atoms with Gasteiger partial charge in [0.05, 0.1) is 32.7 Å². The molecule has 0 spiro atoms. The molecule has 0 bridgehead atoms. The summed E-state index contributed by atoms with van der Waals surface area (Å²) in [5, 5.41) is 2.69. The number of morpholine rings is 1. The second kappa shape index (κ2) is 7.06. The molecule has 120 valence electrons. The maximum absolute atomic E-state index is 12.3. The Labute approximate surface area is 134 Å². The molecule has 3 rings (SSSR count). The zero-order valence-corrected chi connectivity index (χ0v) is 12.8. The number of aromatic nitrogens is 2. The summed E-state index contributed by atoms with van der Waals surface area (Å²) >= 11 is 0. The third-order valence-corrected chi connectivity index (χ3v) is 3.61. The summed E-state index contributed by atoms with van der Waals surface area (Å²) in [6.07, 6.45) is 2.90. The van der Waals surface area contributed by atoms with Crippen molar-refractivity contribution >= 4 is 12.0 Å². The molecular formula is C16H18N4O3. The van der Waals surface area contributed by atoms with Crippen LogP contribution in [0.1, 0.15) is 11.7 Å². The fourth-order valence-electron chi connectivity index (χ4n) is 2.36. The number of carbonyl (C=O) groups is 1. The van der Waals surface area contributed by atoms with Crippen LogP contribution in [0, 0.1) is 0 Å². The van der Waals surface area contributed by atoms with Gasteiger partial charge in [-0.25, -0.2) is 14.8 Å². The molecule has 1 saturated heterocycles. The number of hydrogen-bond acceptors (Lipinski definition) is 5. The van der Waals surface area contributed by atoms with Gasteiger partial charge in [-0.05, 0) is 5.56 Å². The lowest BCUT2D eigenvalue weighted by Crippen LogP contribution is -2.44. The standard InChI is InChI=1S/C16H18N4O3/c1-22-13-9-17-15(18-10-13)19-16(21)20-7-8-23-14(11-20)12-5-3-2-4-6-12/h2-6,9-10,14H,7-8,11H2,1H3,(H,17,18,19,21). The molecule has 2 heterocycles. The lowest BCUT2D eigenvalue weighted by atomic mass is 10.1. The van der Waals surface area contributed by atoms with Crippen molar-refractivity contribution < 1.29 is 14.3 Å². The van der Waals surface area contributed by atoms with E-state index in [-0.39, 0.29) is 18.1 Å². The molecule has 1 unspecified atom stereocenters. The fraction of sp³-hybridized carbons (Fsp3) is 0.312. The van der Waals surface area contributed by atoms with Gasteiger partial charge < -0.3 is 14.4 Å². The molecule has 23 heavy (non-hydrogen) atoms. The van der Waals surface area contributed by atoms with E-state index in [9.17, 15) is 4.79 Å². The summed E-state index contributed by atoms with van der Waals surface area (Å²) < 4.78 is 10.7. The highest BCUT2D eigenvalue weighted by Crippen LogP contribution is 2.22. The predicted molar refractivity (Wildman–Crippen MR) is 84.3 cm³/mol. The number of benzene rings is 1. The quantitative estimate of drug-likeness (QED) is 0.939. The maximum atomic E-state index is 12.3. The molecule has 7 nitrogen and oxygen atoms in total. The van der Waals surface area contributed by atoms with Crippen molar-refractivity contribution in [2.75, 3.05) is 32.1 Å². The first-order chi connectivity index (χ1) is 11.3. The van der Waals surface area contributed by atoms with Gasteiger partial charge in [0.2, 0.25) is 5.95 Å². The molecule has 1 aliphatic heterocycles. The van der Waals surface area contributed by atoms with Gasteiger partial charge in [-0.3, -0.25) is 5.32 Å². The average molecular weight is 314 g/mol. The van der Waals surface area contributed by atoms with Crippen LogP contribution in [0.2, 0.25) is 0 Å². The molecule has 7 heteroatoms. The van der Waals surface area contributed by atoms with E-state index < -0.39 is 0 Å². The molecule has 1 atom stereocenters. The van der Waals surface area contributed by atoms with E-state index >= 15 is 0 Å². The van der Waals surface area contributed by atoms with E-state index in [1.54, 1.807) is 4.90 Å². The summed E-state index contributed by atoms with van der Waals surface area (Å²) in [6, 6.07) is 9.64. The number of urea groups is 1. The van der Waals surface area contributed by atoms with Crippen molar-refractivity contribution in [3.63, 3.8) is 0 Å². The van der Waals surface area contributed by atoms with E-state index in [0.29, 0.717) is 25.4 Å². The Bertz CT molecular complexity index is 648. The smallest absolute Gasteiger partial charge is 0.324 e. The number of nitrogens with one attached hydrogen (secondary N) is 1. The summed E-state index contributed by atoms with van der Waals surface area (Å²) in [5.41, 5.74) is 1.06. The van der Waals surface area contributed by atoms with Gasteiger partial charge in [0.15, 0.2) is 5.75 Å². The van der Waals surface area contributed by atoms with Crippen molar-refractivity contribution in [1.82, 2.24) is 14.9 Å². The Morgan fingerprint density at radius 3 is 2.74 bits per heavy atom.